The molecule has 2 aromatic rings. The summed E-state index contributed by atoms with van der Waals surface area (Å²) in [6.07, 6.45) is 1.03. The van der Waals surface area contributed by atoms with Gasteiger partial charge < -0.3 is 11.1 Å². The van der Waals surface area contributed by atoms with Crippen LogP contribution in [0.15, 0.2) is 35.7 Å². The Morgan fingerprint density at radius 2 is 2.24 bits per heavy atom. The van der Waals surface area contributed by atoms with Crippen LogP contribution in [0.2, 0.25) is 0 Å². The number of rotatable bonds is 4. The number of benzene rings is 1. The van der Waals surface area contributed by atoms with Gasteiger partial charge >= 0.3 is 0 Å². The topological polar surface area (TPSA) is 38.0 Å². The fourth-order valence-electron chi connectivity index (χ4n) is 1.71. The largest absolute Gasteiger partial charge is 0.397 e. The highest BCUT2D eigenvalue weighted by atomic mass is 127. The van der Waals surface area contributed by atoms with Gasteiger partial charge in [0.05, 0.1) is 11.4 Å². The molecule has 3 N–H and O–H groups in total. The average Bonchev–Trinajstić information content (AvgIpc) is 2.75. The molecule has 2 nitrogen and oxygen atoms in total. The molecule has 0 fully saturated rings. The van der Waals surface area contributed by atoms with Crippen molar-refractivity contribution in [3.63, 3.8) is 0 Å². The number of nitrogens with two attached hydrogens (primary N) is 1. The van der Waals surface area contributed by atoms with Gasteiger partial charge in [-0.05, 0) is 59.2 Å². The zero-order valence-corrected chi connectivity index (χ0v) is 12.6. The number of thiophene rings is 1. The second kappa shape index (κ2) is 5.73. The summed E-state index contributed by atoms with van der Waals surface area (Å²) in [6, 6.07) is 10.7. The molecule has 1 aromatic carbocycles. The van der Waals surface area contributed by atoms with Crippen molar-refractivity contribution in [1.82, 2.24) is 0 Å². The third kappa shape index (κ3) is 3.61. The maximum Gasteiger partial charge on any atom is 0.0576 e. The molecular weight excluding hydrogens is 343 g/mol. The molecule has 90 valence electrons. The van der Waals surface area contributed by atoms with Gasteiger partial charge in [0, 0.05) is 20.9 Å². The highest BCUT2D eigenvalue weighted by molar-refractivity contribution is 14.1. The van der Waals surface area contributed by atoms with Gasteiger partial charge in [0.2, 0.25) is 0 Å². The van der Waals surface area contributed by atoms with Crippen molar-refractivity contribution in [2.24, 2.45) is 0 Å². The molecule has 2 rings (SSSR count). The van der Waals surface area contributed by atoms with E-state index >= 15 is 0 Å². The second-order valence-electron chi connectivity index (χ2n) is 4.06. The maximum atomic E-state index is 5.98. The molecule has 1 unspecified atom stereocenters. The number of nitrogens with one attached hydrogen (secondary N) is 1. The van der Waals surface area contributed by atoms with E-state index in [4.69, 9.17) is 5.73 Å². The zero-order chi connectivity index (χ0) is 12.3. The molecule has 1 heterocycles. The van der Waals surface area contributed by atoms with Gasteiger partial charge in [0.25, 0.3) is 0 Å². The Balaban J connectivity index is 2.00. The summed E-state index contributed by atoms with van der Waals surface area (Å²) in [4.78, 5) is 1.40. The molecule has 1 atom stereocenters. The summed E-state index contributed by atoms with van der Waals surface area (Å²) >= 11 is 4.06. The van der Waals surface area contributed by atoms with Crippen molar-refractivity contribution in [1.29, 1.82) is 0 Å². The van der Waals surface area contributed by atoms with Crippen LogP contribution in [0.3, 0.4) is 0 Å². The first-order valence-corrected chi connectivity index (χ1v) is 7.45. The minimum absolute atomic E-state index is 0.385. The molecule has 17 heavy (non-hydrogen) atoms. The van der Waals surface area contributed by atoms with E-state index in [-0.39, 0.29) is 0 Å². The molecule has 0 aliphatic carbocycles. The van der Waals surface area contributed by atoms with Gasteiger partial charge in [-0.25, -0.2) is 0 Å². The molecule has 4 heteroatoms. The summed E-state index contributed by atoms with van der Waals surface area (Å²) in [5, 5.41) is 5.57. The Labute approximate surface area is 119 Å². The van der Waals surface area contributed by atoms with Crippen LogP contribution in [0.4, 0.5) is 11.4 Å². The standard InChI is InChI=1S/C13H15IN2S/c1-9(7-11-3-2-6-17-11)16-13-5-4-10(14)8-12(13)15/h2-6,8-9,16H,7,15H2,1H3. The van der Waals surface area contributed by atoms with Gasteiger partial charge in [-0.15, -0.1) is 11.3 Å². The number of nitrogen functional groups attached to an aromatic ring is 1. The SMILES string of the molecule is CC(Cc1cccs1)Nc1ccc(I)cc1N. The maximum absolute atomic E-state index is 5.98. The summed E-state index contributed by atoms with van der Waals surface area (Å²) in [6.45, 7) is 2.18. The van der Waals surface area contributed by atoms with Crippen LogP contribution >= 0.6 is 33.9 Å². The fraction of sp³-hybridized carbons (Fsp3) is 0.231. The van der Waals surface area contributed by atoms with Crippen molar-refractivity contribution in [3.8, 4) is 0 Å². The van der Waals surface area contributed by atoms with Crippen LogP contribution in [0, 0.1) is 3.57 Å². The normalized spacial score (nSPS) is 12.4. The molecule has 0 aliphatic rings. The Kier molecular flexibility index (Phi) is 4.28. The smallest absolute Gasteiger partial charge is 0.0576 e. The summed E-state index contributed by atoms with van der Waals surface area (Å²) in [7, 11) is 0. The van der Waals surface area contributed by atoms with Gasteiger partial charge in [-0.3, -0.25) is 0 Å². The Bertz CT molecular complexity index is 482. The molecule has 0 aliphatic heterocycles. The first-order chi connectivity index (χ1) is 8.15. The minimum atomic E-state index is 0.385. The van der Waals surface area contributed by atoms with Gasteiger partial charge in [0.15, 0.2) is 0 Å². The van der Waals surface area contributed by atoms with E-state index in [9.17, 15) is 0 Å². The van der Waals surface area contributed by atoms with Crippen LogP contribution < -0.4 is 11.1 Å². The lowest BCUT2D eigenvalue weighted by Gasteiger charge is -2.16. The first kappa shape index (κ1) is 12.7. The van der Waals surface area contributed by atoms with E-state index in [0.717, 1.165) is 21.4 Å². The van der Waals surface area contributed by atoms with Crippen molar-refractivity contribution >= 4 is 45.3 Å². The quantitative estimate of drug-likeness (QED) is 0.641. The van der Waals surface area contributed by atoms with Gasteiger partial charge in [-0.2, -0.15) is 0 Å². The van der Waals surface area contributed by atoms with E-state index in [2.05, 4.69) is 58.4 Å². The molecule has 0 amide bonds. The zero-order valence-electron chi connectivity index (χ0n) is 9.61. The van der Waals surface area contributed by atoms with Crippen molar-refractivity contribution in [3.05, 3.63) is 44.2 Å². The number of hydrogen-bond acceptors (Lipinski definition) is 3. The van der Waals surface area contributed by atoms with Gasteiger partial charge in [-0.1, -0.05) is 6.07 Å². The predicted octanol–water partition coefficient (Wildman–Crippen LogP) is 3.98. The lowest BCUT2D eigenvalue weighted by Crippen LogP contribution is -2.18. The van der Waals surface area contributed by atoms with E-state index in [1.807, 2.05) is 12.1 Å². The van der Waals surface area contributed by atoms with E-state index in [1.165, 1.54) is 4.88 Å². The lowest BCUT2D eigenvalue weighted by molar-refractivity contribution is 0.801. The predicted molar refractivity (Wildman–Crippen MR) is 84.7 cm³/mol. The molecule has 0 saturated carbocycles. The van der Waals surface area contributed by atoms with E-state index in [1.54, 1.807) is 11.3 Å². The monoisotopic (exact) mass is 358 g/mol. The molecule has 0 bridgehead atoms. The number of hydrogen-bond donors (Lipinski definition) is 2. The molecule has 0 saturated heterocycles. The summed E-state index contributed by atoms with van der Waals surface area (Å²) in [5.74, 6) is 0. The Hall–Kier alpha value is -0.750. The second-order valence-corrected chi connectivity index (χ2v) is 6.34. The van der Waals surface area contributed by atoms with Crippen molar-refractivity contribution in [2.45, 2.75) is 19.4 Å². The highest BCUT2D eigenvalue weighted by Crippen LogP contribution is 2.22. The first-order valence-electron chi connectivity index (χ1n) is 5.49. The number of anilines is 2. The van der Waals surface area contributed by atoms with Crippen molar-refractivity contribution in [2.75, 3.05) is 11.1 Å². The highest BCUT2D eigenvalue weighted by Gasteiger charge is 2.06. The van der Waals surface area contributed by atoms with Crippen LogP contribution in [-0.4, -0.2) is 6.04 Å². The molecule has 0 radical (unpaired) electrons. The summed E-state index contributed by atoms with van der Waals surface area (Å²) < 4.78 is 1.16. The van der Waals surface area contributed by atoms with Crippen LogP contribution in [0.25, 0.3) is 0 Å². The molecule has 1 aromatic heterocycles. The third-order valence-corrected chi connectivity index (χ3v) is 4.07. The summed E-state index contributed by atoms with van der Waals surface area (Å²) in [5.41, 5.74) is 7.82. The lowest BCUT2D eigenvalue weighted by atomic mass is 10.2. The van der Waals surface area contributed by atoms with Crippen LogP contribution in [0.1, 0.15) is 11.8 Å². The van der Waals surface area contributed by atoms with Crippen LogP contribution in [0.5, 0.6) is 0 Å². The Morgan fingerprint density at radius 1 is 1.41 bits per heavy atom. The molecular formula is C13H15IN2S. The fourth-order valence-corrected chi connectivity index (χ4v) is 3.06. The molecule has 0 spiro atoms. The van der Waals surface area contributed by atoms with Crippen LogP contribution in [-0.2, 0) is 6.42 Å². The average molecular weight is 358 g/mol. The van der Waals surface area contributed by atoms with Gasteiger partial charge in [0.1, 0.15) is 0 Å². The van der Waals surface area contributed by atoms with E-state index < -0.39 is 0 Å². The number of halogens is 1. The van der Waals surface area contributed by atoms with E-state index in [0.29, 0.717) is 6.04 Å². The van der Waals surface area contributed by atoms with Crippen molar-refractivity contribution < 1.29 is 0 Å². The minimum Gasteiger partial charge on any atom is -0.397 e. The Morgan fingerprint density at radius 3 is 2.88 bits per heavy atom. The third-order valence-electron chi connectivity index (χ3n) is 2.50.